The van der Waals surface area contributed by atoms with Crippen molar-refractivity contribution in [1.82, 2.24) is 9.88 Å². The van der Waals surface area contributed by atoms with E-state index in [1.165, 1.54) is 6.07 Å². The molecule has 29 heavy (non-hydrogen) atoms. The van der Waals surface area contributed by atoms with Crippen molar-refractivity contribution in [2.45, 2.75) is 24.0 Å². The zero-order valence-electron chi connectivity index (χ0n) is 16.4. The molecule has 0 saturated carbocycles. The van der Waals surface area contributed by atoms with Gasteiger partial charge in [-0.3, -0.25) is 4.79 Å². The Balaban J connectivity index is 1.47. The van der Waals surface area contributed by atoms with E-state index in [2.05, 4.69) is 11.0 Å². The van der Waals surface area contributed by atoms with Crippen molar-refractivity contribution in [1.29, 1.82) is 0 Å². The Kier molecular flexibility index (Phi) is 5.31. The molecule has 152 valence electrons. The number of fused-ring (bicyclic) bond motifs is 1. The van der Waals surface area contributed by atoms with E-state index in [4.69, 9.17) is 4.98 Å². The number of para-hydroxylation sites is 1. The van der Waals surface area contributed by atoms with Crippen molar-refractivity contribution in [2.75, 3.05) is 31.1 Å². The monoisotopic (exact) mass is 429 g/mol. The molecule has 1 fully saturated rings. The number of aromatic nitrogens is 1. The molecular formula is C21H23N3O3S2. The molecule has 8 heteroatoms. The fraction of sp³-hybridized carbons (Fsp3) is 0.333. The third kappa shape index (κ3) is 3.86. The number of rotatable bonds is 4. The minimum absolute atomic E-state index is 0.130. The topological polar surface area (TPSA) is 70.6 Å². The lowest BCUT2D eigenvalue weighted by Gasteiger charge is -2.34. The van der Waals surface area contributed by atoms with Gasteiger partial charge in [-0.05, 0) is 44.2 Å². The van der Waals surface area contributed by atoms with Crippen LogP contribution in [0.25, 0.3) is 10.2 Å². The highest BCUT2D eigenvalue weighted by molar-refractivity contribution is 7.92. The van der Waals surface area contributed by atoms with Crippen molar-refractivity contribution in [3.05, 3.63) is 54.1 Å². The number of amides is 1. The predicted molar refractivity (Wildman–Crippen MR) is 117 cm³/mol. The van der Waals surface area contributed by atoms with Gasteiger partial charge in [0.1, 0.15) is 0 Å². The first-order valence-electron chi connectivity index (χ1n) is 9.60. The van der Waals surface area contributed by atoms with Crippen molar-refractivity contribution < 1.29 is 13.2 Å². The third-order valence-electron chi connectivity index (χ3n) is 5.15. The average Bonchev–Trinajstić information content (AvgIpc) is 3.17. The zero-order chi connectivity index (χ0) is 20.6. The van der Waals surface area contributed by atoms with Gasteiger partial charge in [-0.2, -0.15) is 0 Å². The first-order chi connectivity index (χ1) is 13.9. The summed E-state index contributed by atoms with van der Waals surface area (Å²) in [5, 5.41) is 0.452. The number of hydrogen-bond acceptors (Lipinski definition) is 6. The Labute approximate surface area is 174 Å². The average molecular weight is 430 g/mol. The van der Waals surface area contributed by atoms with Crippen LogP contribution in [-0.2, 0) is 9.84 Å². The standard InChI is InChI=1S/C21H23N3O3S2/c1-15(2)29(26,27)17-7-5-6-16(14-17)20(25)23-10-12-24(13-11-23)21-22-18-8-3-4-9-19(18)28-21/h3-9,14-15H,10-13H2,1-2H3. The fourth-order valence-electron chi connectivity index (χ4n) is 3.36. The van der Waals surface area contributed by atoms with Gasteiger partial charge < -0.3 is 9.80 Å². The number of piperazine rings is 1. The Hall–Kier alpha value is -2.45. The van der Waals surface area contributed by atoms with Crippen LogP contribution in [0.5, 0.6) is 0 Å². The van der Waals surface area contributed by atoms with Crippen molar-refractivity contribution in [3.8, 4) is 0 Å². The number of thiazole rings is 1. The number of nitrogens with zero attached hydrogens (tertiary/aromatic N) is 3. The summed E-state index contributed by atoms with van der Waals surface area (Å²) in [6, 6.07) is 14.4. The maximum absolute atomic E-state index is 12.9. The van der Waals surface area contributed by atoms with Gasteiger partial charge in [0, 0.05) is 31.7 Å². The molecule has 0 aliphatic carbocycles. The molecule has 0 unspecified atom stereocenters. The smallest absolute Gasteiger partial charge is 0.254 e. The summed E-state index contributed by atoms with van der Waals surface area (Å²) in [5.41, 5.74) is 1.41. The second kappa shape index (κ2) is 7.76. The molecule has 6 nitrogen and oxygen atoms in total. The lowest BCUT2D eigenvalue weighted by Crippen LogP contribution is -2.48. The molecule has 3 aromatic rings. The molecule has 1 saturated heterocycles. The van der Waals surface area contributed by atoms with E-state index < -0.39 is 15.1 Å². The van der Waals surface area contributed by atoms with Crippen LogP contribution in [0, 0.1) is 0 Å². The van der Waals surface area contributed by atoms with Crippen LogP contribution in [0.2, 0.25) is 0 Å². The Bertz CT molecular complexity index is 1110. The maximum atomic E-state index is 12.9. The van der Waals surface area contributed by atoms with Gasteiger partial charge in [0.15, 0.2) is 15.0 Å². The van der Waals surface area contributed by atoms with Gasteiger partial charge in [-0.15, -0.1) is 0 Å². The van der Waals surface area contributed by atoms with Crippen molar-refractivity contribution in [2.24, 2.45) is 0 Å². The largest absolute Gasteiger partial charge is 0.345 e. The van der Waals surface area contributed by atoms with Gasteiger partial charge in [0.2, 0.25) is 0 Å². The van der Waals surface area contributed by atoms with E-state index in [0.29, 0.717) is 31.7 Å². The van der Waals surface area contributed by atoms with Gasteiger partial charge in [0.25, 0.3) is 5.91 Å². The van der Waals surface area contributed by atoms with Crippen LogP contribution in [-0.4, -0.2) is 55.6 Å². The Morgan fingerprint density at radius 3 is 2.45 bits per heavy atom. The molecular weight excluding hydrogens is 406 g/mol. The van der Waals surface area contributed by atoms with Crippen LogP contribution in [0.15, 0.2) is 53.4 Å². The molecule has 0 radical (unpaired) electrons. The second-order valence-electron chi connectivity index (χ2n) is 7.37. The summed E-state index contributed by atoms with van der Waals surface area (Å²) in [6.45, 7) is 5.85. The van der Waals surface area contributed by atoms with Crippen LogP contribution >= 0.6 is 11.3 Å². The Morgan fingerprint density at radius 1 is 1.03 bits per heavy atom. The van der Waals surface area contributed by atoms with Gasteiger partial charge in [0.05, 0.1) is 20.4 Å². The number of carbonyl (C=O) groups excluding carboxylic acids is 1. The molecule has 0 atom stereocenters. The molecule has 2 aromatic carbocycles. The Morgan fingerprint density at radius 2 is 1.76 bits per heavy atom. The minimum Gasteiger partial charge on any atom is -0.345 e. The van der Waals surface area contributed by atoms with Crippen molar-refractivity contribution >= 4 is 42.4 Å². The summed E-state index contributed by atoms with van der Waals surface area (Å²) in [5.74, 6) is -0.130. The molecule has 4 rings (SSSR count). The number of carbonyl (C=O) groups is 1. The molecule has 1 aliphatic heterocycles. The summed E-state index contributed by atoms with van der Waals surface area (Å²) in [4.78, 5) is 21.8. The third-order valence-corrected chi connectivity index (χ3v) is 8.40. The van der Waals surface area contributed by atoms with E-state index in [9.17, 15) is 13.2 Å². The quantitative estimate of drug-likeness (QED) is 0.635. The first kappa shape index (κ1) is 19.8. The molecule has 0 bridgehead atoms. The van der Waals surface area contributed by atoms with Crippen LogP contribution < -0.4 is 4.90 Å². The number of sulfone groups is 1. The molecule has 0 N–H and O–H groups in total. The van der Waals surface area contributed by atoms with E-state index in [-0.39, 0.29) is 10.8 Å². The zero-order valence-corrected chi connectivity index (χ0v) is 18.0. The number of anilines is 1. The highest BCUT2D eigenvalue weighted by Crippen LogP contribution is 2.29. The van der Waals surface area contributed by atoms with Gasteiger partial charge in [-0.25, -0.2) is 13.4 Å². The summed E-state index contributed by atoms with van der Waals surface area (Å²) >= 11 is 1.66. The van der Waals surface area contributed by atoms with E-state index in [0.717, 1.165) is 15.3 Å². The SMILES string of the molecule is CC(C)S(=O)(=O)c1cccc(C(=O)N2CCN(c3nc4ccccc4s3)CC2)c1. The lowest BCUT2D eigenvalue weighted by molar-refractivity contribution is 0.0746. The summed E-state index contributed by atoms with van der Waals surface area (Å²) in [7, 11) is -3.41. The lowest BCUT2D eigenvalue weighted by atomic mass is 10.2. The van der Waals surface area contributed by atoms with Crippen LogP contribution in [0.4, 0.5) is 5.13 Å². The maximum Gasteiger partial charge on any atom is 0.254 e. The van der Waals surface area contributed by atoms with Crippen LogP contribution in [0.3, 0.4) is 0 Å². The highest BCUT2D eigenvalue weighted by Gasteiger charge is 2.25. The predicted octanol–water partition coefficient (Wildman–Crippen LogP) is 3.44. The van der Waals surface area contributed by atoms with Crippen molar-refractivity contribution in [3.63, 3.8) is 0 Å². The van der Waals surface area contributed by atoms with E-state index >= 15 is 0 Å². The molecule has 1 amide bonds. The number of hydrogen-bond donors (Lipinski definition) is 0. The molecule has 1 aromatic heterocycles. The summed E-state index contributed by atoms with van der Waals surface area (Å²) < 4.78 is 26.0. The van der Waals surface area contributed by atoms with Gasteiger partial charge in [-0.1, -0.05) is 29.5 Å². The van der Waals surface area contributed by atoms with Crippen LogP contribution in [0.1, 0.15) is 24.2 Å². The highest BCUT2D eigenvalue weighted by atomic mass is 32.2. The normalized spacial score (nSPS) is 15.3. The molecule has 2 heterocycles. The molecule has 1 aliphatic rings. The number of benzene rings is 2. The molecule has 0 spiro atoms. The minimum atomic E-state index is -3.41. The second-order valence-corrected chi connectivity index (χ2v) is 10.9. The first-order valence-corrected chi connectivity index (χ1v) is 12.0. The van der Waals surface area contributed by atoms with Gasteiger partial charge >= 0.3 is 0 Å². The fourth-order valence-corrected chi connectivity index (χ4v) is 5.48. The summed E-state index contributed by atoms with van der Waals surface area (Å²) in [6.07, 6.45) is 0. The van der Waals surface area contributed by atoms with E-state index in [1.54, 1.807) is 48.3 Å². The van der Waals surface area contributed by atoms with E-state index in [1.807, 2.05) is 18.2 Å².